The van der Waals surface area contributed by atoms with Gasteiger partial charge in [-0.05, 0) is 109 Å². The lowest BCUT2D eigenvalue weighted by molar-refractivity contribution is -0.249. The highest BCUT2D eigenvalue weighted by molar-refractivity contribution is 5.52. The first-order valence-corrected chi connectivity index (χ1v) is 15.6. The molecule has 4 aliphatic rings. The third kappa shape index (κ3) is 4.50. The number of hydrogen-bond acceptors (Lipinski definition) is 3. The Balaban J connectivity index is 1.20. The van der Waals surface area contributed by atoms with Gasteiger partial charge in [0.15, 0.2) is 5.75 Å². The van der Waals surface area contributed by atoms with Crippen LogP contribution in [0.4, 0.5) is 0 Å². The minimum atomic E-state index is -0.451. The number of ether oxygens (including phenoxy) is 3. The van der Waals surface area contributed by atoms with Gasteiger partial charge in [0.05, 0.1) is 12.0 Å². The van der Waals surface area contributed by atoms with Crippen molar-refractivity contribution in [1.29, 1.82) is 0 Å². The third-order valence-corrected chi connectivity index (χ3v) is 10.4. The lowest BCUT2D eigenvalue weighted by Crippen LogP contribution is -2.61. The van der Waals surface area contributed by atoms with Crippen LogP contribution in [-0.4, -0.2) is 12.4 Å². The molecule has 3 aromatic rings. The Morgan fingerprint density at radius 3 is 2.50 bits per heavy atom. The average molecular weight is 535 g/mol. The van der Waals surface area contributed by atoms with E-state index in [-0.39, 0.29) is 12.0 Å². The Morgan fingerprint density at radius 2 is 1.70 bits per heavy atom. The number of rotatable bonds is 9. The molecule has 3 saturated carbocycles. The van der Waals surface area contributed by atoms with Crippen molar-refractivity contribution < 1.29 is 14.2 Å². The predicted molar refractivity (Wildman–Crippen MR) is 158 cm³/mol. The second kappa shape index (κ2) is 10.5. The summed E-state index contributed by atoms with van der Waals surface area (Å²) in [6.45, 7) is 9.29. The van der Waals surface area contributed by atoms with Crippen LogP contribution in [0.3, 0.4) is 0 Å². The van der Waals surface area contributed by atoms with Crippen molar-refractivity contribution in [2.45, 2.75) is 84.0 Å². The normalized spacial score (nSPS) is 27.7. The van der Waals surface area contributed by atoms with E-state index in [1.807, 2.05) is 18.2 Å². The van der Waals surface area contributed by atoms with Crippen LogP contribution in [0.5, 0.6) is 17.2 Å². The minimum absolute atomic E-state index is 0.103. The summed E-state index contributed by atoms with van der Waals surface area (Å²) in [5.74, 6) is 7.52. The topological polar surface area (TPSA) is 27.7 Å². The van der Waals surface area contributed by atoms with Gasteiger partial charge in [-0.2, -0.15) is 0 Å². The van der Waals surface area contributed by atoms with E-state index in [1.54, 1.807) is 0 Å². The first kappa shape index (κ1) is 26.0. The number of benzene rings is 2. The van der Waals surface area contributed by atoms with Crippen molar-refractivity contribution in [3.63, 3.8) is 0 Å². The van der Waals surface area contributed by atoms with Crippen LogP contribution in [0.1, 0.15) is 88.3 Å². The standard InChI is InChI=1S/C37H42O3/c1-22(2)20-30(23(3)4)24-16-18-25(19-17-24)38-37(40-34-21-31-26-12-9-13-27(26)35(31)34)36-28-10-5-7-14-32(28)39-33-15-8-6-11-29(33)36/h5-7,10-11,14,16-19,22-23,26-27,30-31,34-37H,9,12-13,20-21H2,1-4H3. The SMILES string of the molecule is CC(C)CC(c1ccc(OC(OC2CC3C4CCCC4C23)C2c3ccc#cc3Oc3ccccc32)cc1)C(C)C. The molecule has 7 rings (SSSR count). The molecule has 0 spiro atoms. The number of hydrogen-bond donors (Lipinski definition) is 0. The van der Waals surface area contributed by atoms with Gasteiger partial charge in [0.25, 0.3) is 0 Å². The van der Waals surface area contributed by atoms with Gasteiger partial charge >= 0.3 is 0 Å². The first-order chi connectivity index (χ1) is 19.5. The van der Waals surface area contributed by atoms with Crippen LogP contribution < -0.4 is 9.47 Å². The largest absolute Gasteiger partial charge is 0.464 e. The van der Waals surface area contributed by atoms with E-state index in [0.29, 0.717) is 23.7 Å². The van der Waals surface area contributed by atoms with Gasteiger partial charge in [-0.15, -0.1) is 0 Å². The van der Waals surface area contributed by atoms with Crippen molar-refractivity contribution >= 4 is 0 Å². The summed E-state index contributed by atoms with van der Waals surface area (Å²) < 4.78 is 20.2. The highest BCUT2D eigenvalue weighted by Crippen LogP contribution is 2.65. The van der Waals surface area contributed by atoms with Crippen LogP contribution in [0, 0.1) is 47.6 Å². The van der Waals surface area contributed by atoms with Gasteiger partial charge in [-0.25, -0.2) is 0 Å². The molecule has 0 radical (unpaired) electrons. The van der Waals surface area contributed by atoms with Crippen LogP contribution in [0.15, 0.2) is 60.7 Å². The second-order valence-corrected chi connectivity index (χ2v) is 13.5. The maximum Gasteiger partial charge on any atom is 0.211 e. The summed E-state index contributed by atoms with van der Waals surface area (Å²) in [7, 11) is 0. The van der Waals surface area contributed by atoms with E-state index in [2.05, 4.69) is 82.3 Å². The second-order valence-electron chi connectivity index (χ2n) is 13.5. The molecule has 3 aliphatic carbocycles. The molecular weight excluding hydrogens is 492 g/mol. The Morgan fingerprint density at radius 1 is 0.900 bits per heavy atom. The molecule has 8 atom stereocenters. The fraction of sp³-hybridized carbons (Fsp3) is 0.514. The molecule has 1 aliphatic heterocycles. The molecule has 3 heteroatoms. The maximum absolute atomic E-state index is 7.05. The third-order valence-electron chi connectivity index (χ3n) is 10.4. The number of para-hydroxylation sites is 1. The maximum atomic E-state index is 7.05. The van der Waals surface area contributed by atoms with Gasteiger partial charge < -0.3 is 14.2 Å². The van der Waals surface area contributed by atoms with E-state index < -0.39 is 6.29 Å². The van der Waals surface area contributed by atoms with Crippen LogP contribution in [-0.2, 0) is 4.74 Å². The smallest absolute Gasteiger partial charge is 0.211 e. The van der Waals surface area contributed by atoms with Crippen LogP contribution >= 0.6 is 0 Å². The van der Waals surface area contributed by atoms with Gasteiger partial charge in [0.2, 0.25) is 6.29 Å². The fourth-order valence-electron chi connectivity index (χ4n) is 8.44. The summed E-state index contributed by atoms with van der Waals surface area (Å²) in [5.41, 5.74) is 3.55. The van der Waals surface area contributed by atoms with Crippen molar-refractivity contribution in [1.82, 2.24) is 0 Å². The Hall–Kier alpha value is -2.96. The molecule has 0 amide bonds. The molecule has 3 aromatic carbocycles. The van der Waals surface area contributed by atoms with Crippen molar-refractivity contribution in [2.75, 3.05) is 0 Å². The highest BCUT2D eigenvalue weighted by atomic mass is 16.7. The van der Waals surface area contributed by atoms with Gasteiger partial charge in [-0.3, -0.25) is 0 Å². The predicted octanol–water partition coefficient (Wildman–Crippen LogP) is 9.17. The zero-order valence-corrected chi connectivity index (χ0v) is 24.3. The lowest BCUT2D eigenvalue weighted by Gasteiger charge is -2.62. The van der Waals surface area contributed by atoms with E-state index in [0.717, 1.165) is 46.1 Å². The monoisotopic (exact) mass is 534 g/mol. The zero-order valence-electron chi connectivity index (χ0n) is 24.3. The molecule has 0 bridgehead atoms. The molecule has 208 valence electrons. The van der Waals surface area contributed by atoms with E-state index >= 15 is 0 Å². The average Bonchev–Trinajstić information content (AvgIpc) is 3.34. The Kier molecular flexibility index (Phi) is 6.79. The molecule has 0 N–H and O–H groups in total. The van der Waals surface area contributed by atoms with Gasteiger partial charge in [0, 0.05) is 11.1 Å². The van der Waals surface area contributed by atoms with Gasteiger partial charge in [-0.1, -0.05) is 70.5 Å². The molecule has 3 fully saturated rings. The molecule has 3 nitrogen and oxygen atoms in total. The van der Waals surface area contributed by atoms with Crippen LogP contribution in [0.25, 0.3) is 0 Å². The summed E-state index contributed by atoms with van der Waals surface area (Å²) in [5, 5.41) is 0. The van der Waals surface area contributed by atoms with Crippen molar-refractivity contribution in [3.05, 3.63) is 89.5 Å². The minimum Gasteiger partial charge on any atom is -0.464 e. The molecule has 0 aromatic heterocycles. The summed E-state index contributed by atoms with van der Waals surface area (Å²) in [6.07, 6.45) is 6.37. The van der Waals surface area contributed by atoms with Crippen molar-refractivity contribution in [2.24, 2.45) is 35.5 Å². The highest BCUT2D eigenvalue weighted by Gasteiger charge is 2.62. The molecule has 1 heterocycles. The molecule has 40 heavy (non-hydrogen) atoms. The van der Waals surface area contributed by atoms with Crippen LogP contribution in [0.2, 0.25) is 0 Å². The Bertz CT molecular complexity index is 1280. The lowest BCUT2D eigenvalue weighted by atomic mass is 9.46. The summed E-state index contributed by atoms with van der Waals surface area (Å²) >= 11 is 0. The number of fused-ring (bicyclic) bond motifs is 6. The van der Waals surface area contributed by atoms with E-state index in [9.17, 15) is 0 Å². The molecule has 8 unspecified atom stereocenters. The van der Waals surface area contributed by atoms with Gasteiger partial charge in [0.1, 0.15) is 11.5 Å². The fourth-order valence-corrected chi connectivity index (χ4v) is 8.44. The zero-order chi connectivity index (χ0) is 27.4. The van der Waals surface area contributed by atoms with Crippen molar-refractivity contribution in [3.8, 4) is 17.2 Å². The summed E-state index contributed by atoms with van der Waals surface area (Å²) in [6, 6.07) is 27.4. The van der Waals surface area contributed by atoms with E-state index in [1.165, 1.54) is 37.7 Å². The Labute approximate surface area is 240 Å². The molecular formula is C37H42O3. The molecule has 0 saturated heterocycles. The first-order valence-electron chi connectivity index (χ1n) is 15.6. The summed E-state index contributed by atoms with van der Waals surface area (Å²) in [4.78, 5) is 0. The van der Waals surface area contributed by atoms with E-state index in [4.69, 9.17) is 14.2 Å². The quantitative estimate of drug-likeness (QED) is 0.256.